The second-order valence-corrected chi connectivity index (χ2v) is 4.46. The average molecular weight is 210 g/mol. The fourth-order valence-electron chi connectivity index (χ4n) is 1.94. The smallest absolute Gasteiger partial charge is 0.0637 e. The van der Waals surface area contributed by atoms with Crippen molar-refractivity contribution in [2.45, 2.75) is 38.7 Å². The second-order valence-electron chi connectivity index (χ2n) is 4.46. The molecule has 1 aliphatic rings. The van der Waals surface area contributed by atoms with Crippen LogP contribution in [-0.2, 0) is 0 Å². The van der Waals surface area contributed by atoms with Crippen LogP contribution in [0, 0.1) is 11.8 Å². The Balaban J connectivity index is 2.13. The SMILES string of the molecule is CC(CCCO)CCC(O)C1C=CC=C1. The van der Waals surface area contributed by atoms with Crippen LogP contribution in [0.2, 0.25) is 0 Å². The zero-order valence-electron chi connectivity index (χ0n) is 9.47. The van der Waals surface area contributed by atoms with Gasteiger partial charge in [-0.3, -0.25) is 0 Å². The maximum absolute atomic E-state index is 9.87. The first-order chi connectivity index (χ1) is 7.24. The van der Waals surface area contributed by atoms with Gasteiger partial charge in [0.1, 0.15) is 0 Å². The number of hydrogen-bond donors (Lipinski definition) is 2. The van der Waals surface area contributed by atoms with Gasteiger partial charge >= 0.3 is 0 Å². The molecule has 2 N–H and O–H groups in total. The monoisotopic (exact) mass is 210 g/mol. The minimum atomic E-state index is -0.239. The first kappa shape index (κ1) is 12.5. The third-order valence-electron chi connectivity index (χ3n) is 3.03. The highest BCUT2D eigenvalue weighted by atomic mass is 16.3. The number of allylic oxidation sites excluding steroid dienone is 2. The van der Waals surface area contributed by atoms with Crippen LogP contribution >= 0.6 is 0 Å². The lowest BCUT2D eigenvalue weighted by Crippen LogP contribution is -2.16. The van der Waals surface area contributed by atoms with E-state index < -0.39 is 0 Å². The first-order valence-electron chi connectivity index (χ1n) is 5.88. The molecule has 0 aromatic heterocycles. The van der Waals surface area contributed by atoms with E-state index >= 15 is 0 Å². The standard InChI is InChI=1S/C13H22O2/c1-11(5-4-10-14)8-9-13(15)12-6-2-3-7-12/h2-3,6-7,11-15H,4-5,8-10H2,1H3. The molecule has 0 aromatic rings. The largest absolute Gasteiger partial charge is 0.396 e. The van der Waals surface area contributed by atoms with Crippen LogP contribution in [0.4, 0.5) is 0 Å². The summed E-state index contributed by atoms with van der Waals surface area (Å²) in [5.41, 5.74) is 0. The van der Waals surface area contributed by atoms with E-state index in [9.17, 15) is 5.11 Å². The van der Waals surface area contributed by atoms with Crippen LogP contribution in [0.5, 0.6) is 0 Å². The van der Waals surface area contributed by atoms with Gasteiger partial charge in [0.05, 0.1) is 6.10 Å². The summed E-state index contributed by atoms with van der Waals surface area (Å²) in [5.74, 6) is 0.816. The zero-order valence-corrected chi connectivity index (χ0v) is 9.47. The van der Waals surface area contributed by atoms with Crippen LogP contribution in [0.1, 0.15) is 32.6 Å². The predicted molar refractivity (Wildman–Crippen MR) is 62.5 cm³/mol. The molecular formula is C13H22O2. The van der Waals surface area contributed by atoms with E-state index in [1.54, 1.807) is 0 Å². The molecule has 2 atom stereocenters. The van der Waals surface area contributed by atoms with E-state index in [0.717, 1.165) is 25.7 Å². The molecule has 0 spiro atoms. The Morgan fingerprint density at radius 2 is 1.80 bits per heavy atom. The van der Waals surface area contributed by atoms with Gasteiger partial charge in [-0.1, -0.05) is 31.2 Å². The van der Waals surface area contributed by atoms with Crippen molar-refractivity contribution in [2.75, 3.05) is 6.61 Å². The molecule has 0 fully saturated rings. The second kappa shape index (κ2) is 6.81. The third-order valence-corrected chi connectivity index (χ3v) is 3.03. The molecule has 0 bridgehead atoms. The van der Waals surface area contributed by atoms with Gasteiger partial charge in [0, 0.05) is 12.5 Å². The number of hydrogen-bond acceptors (Lipinski definition) is 2. The minimum Gasteiger partial charge on any atom is -0.396 e. The lowest BCUT2D eigenvalue weighted by Gasteiger charge is -2.17. The normalized spacial score (nSPS) is 19.7. The van der Waals surface area contributed by atoms with Crippen molar-refractivity contribution in [1.82, 2.24) is 0 Å². The molecule has 2 heteroatoms. The maximum Gasteiger partial charge on any atom is 0.0637 e. The highest BCUT2D eigenvalue weighted by Crippen LogP contribution is 2.21. The summed E-state index contributed by atoms with van der Waals surface area (Å²) in [6.07, 6.45) is 11.7. The quantitative estimate of drug-likeness (QED) is 0.677. The van der Waals surface area contributed by atoms with E-state index in [2.05, 4.69) is 6.92 Å². The van der Waals surface area contributed by atoms with Crippen molar-refractivity contribution < 1.29 is 10.2 Å². The average Bonchev–Trinajstić information content (AvgIpc) is 2.76. The third kappa shape index (κ3) is 4.63. The minimum absolute atomic E-state index is 0.218. The Kier molecular flexibility index (Phi) is 5.66. The Morgan fingerprint density at radius 1 is 1.13 bits per heavy atom. The first-order valence-corrected chi connectivity index (χ1v) is 5.88. The van der Waals surface area contributed by atoms with Gasteiger partial charge in [0.25, 0.3) is 0 Å². The maximum atomic E-state index is 9.87. The summed E-state index contributed by atoms with van der Waals surface area (Å²) in [6, 6.07) is 0. The van der Waals surface area contributed by atoms with Crippen molar-refractivity contribution in [3.05, 3.63) is 24.3 Å². The van der Waals surface area contributed by atoms with Gasteiger partial charge in [-0.25, -0.2) is 0 Å². The van der Waals surface area contributed by atoms with Gasteiger partial charge in [-0.15, -0.1) is 0 Å². The lowest BCUT2D eigenvalue weighted by molar-refractivity contribution is 0.130. The highest BCUT2D eigenvalue weighted by Gasteiger charge is 2.16. The molecule has 15 heavy (non-hydrogen) atoms. The van der Waals surface area contributed by atoms with Gasteiger partial charge in [-0.2, -0.15) is 0 Å². The molecule has 0 heterocycles. The van der Waals surface area contributed by atoms with Crippen molar-refractivity contribution in [3.63, 3.8) is 0 Å². The van der Waals surface area contributed by atoms with Crippen LogP contribution < -0.4 is 0 Å². The fraction of sp³-hybridized carbons (Fsp3) is 0.692. The van der Waals surface area contributed by atoms with E-state index in [-0.39, 0.29) is 18.6 Å². The van der Waals surface area contributed by atoms with Gasteiger partial charge in [-0.05, 0) is 31.6 Å². The molecule has 2 nitrogen and oxygen atoms in total. The van der Waals surface area contributed by atoms with Crippen LogP contribution in [0.3, 0.4) is 0 Å². The van der Waals surface area contributed by atoms with E-state index in [0.29, 0.717) is 5.92 Å². The molecule has 0 saturated heterocycles. The summed E-state index contributed by atoms with van der Waals surface area (Å²) < 4.78 is 0. The topological polar surface area (TPSA) is 40.5 Å². The summed E-state index contributed by atoms with van der Waals surface area (Å²) in [7, 11) is 0. The molecular weight excluding hydrogens is 188 g/mol. The molecule has 0 amide bonds. The van der Waals surface area contributed by atoms with E-state index in [1.807, 2.05) is 24.3 Å². The van der Waals surface area contributed by atoms with Crippen LogP contribution in [0.15, 0.2) is 24.3 Å². The summed E-state index contributed by atoms with van der Waals surface area (Å²) >= 11 is 0. The van der Waals surface area contributed by atoms with Crippen molar-refractivity contribution in [3.8, 4) is 0 Å². The van der Waals surface area contributed by atoms with Crippen LogP contribution in [0.25, 0.3) is 0 Å². The number of aliphatic hydroxyl groups excluding tert-OH is 2. The molecule has 0 aromatic carbocycles. The summed E-state index contributed by atoms with van der Waals surface area (Å²) in [4.78, 5) is 0. The Hall–Kier alpha value is -0.600. The zero-order chi connectivity index (χ0) is 11.1. The Bertz CT molecular complexity index is 209. The van der Waals surface area contributed by atoms with Crippen molar-refractivity contribution in [1.29, 1.82) is 0 Å². The van der Waals surface area contributed by atoms with E-state index in [1.165, 1.54) is 0 Å². The highest BCUT2D eigenvalue weighted by molar-refractivity contribution is 5.18. The van der Waals surface area contributed by atoms with Gasteiger partial charge in [0.15, 0.2) is 0 Å². The number of rotatable bonds is 7. The lowest BCUT2D eigenvalue weighted by atomic mass is 9.93. The van der Waals surface area contributed by atoms with Gasteiger partial charge < -0.3 is 10.2 Å². The molecule has 1 rings (SSSR count). The Labute approximate surface area is 92.3 Å². The molecule has 0 saturated carbocycles. The summed E-state index contributed by atoms with van der Waals surface area (Å²) in [5, 5.41) is 18.6. The van der Waals surface area contributed by atoms with Crippen molar-refractivity contribution in [2.24, 2.45) is 11.8 Å². The van der Waals surface area contributed by atoms with E-state index in [4.69, 9.17) is 5.11 Å². The molecule has 1 aliphatic carbocycles. The molecule has 0 radical (unpaired) electrons. The predicted octanol–water partition coefficient (Wildman–Crippen LogP) is 2.28. The summed E-state index contributed by atoms with van der Waals surface area (Å²) in [6.45, 7) is 2.46. The fourth-order valence-corrected chi connectivity index (χ4v) is 1.94. The van der Waals surface area contributed by atoms with Crippen LogP contribution in [-0.4, -0.2) is 22.9 Å². The van der Waals surface area contributed by atoms with Crippen molar-refractivity contribution >= 4 is 0 Å². The molecule has 2 unspecified atom stereocenters. The van der Waals surface area contributed by atoms with Gasteiger partial charge in [0.2, 0.25) is 0 Å². The molecule has 86 valence electrons. The Morgan fingerprint density at radius 3 is 2.40 bits per heavy atom. The number of aliphatic hydroxyl groups is 2. The molecule has 0 aliphatic heterocycles.